The van der Waals surface area contributed by atoms with Crippen molar-refractivity contribution in [3.63, 3.8) is 0 Å². The summed E-state index contributed by atoms with van der Waals surface area (Å²) in [5.74, 6) is -0.116. The number of likely N-dealkylation sites (N-methyl/N-ethyl adjacent to an activating group) is 1. The number of carbonyl (C=O) groups is 4. The van der Waals surface area contributed by atoms with Gasteiger partial charge in [0.1, 0.15) is 12.3 Å². The second-order valence-corrected chi connectivity index (χ2v) is 7.76. The molecule has 0 atom stereocenters. The average Bonchev–Trinajstić information content (AvgIpc) is 3.09. The first-order chi connectivity index (χ1) is 14.9. The number of thioether (sulfide) groups is 1. The molecule has 1 aliphatic rings. The number of ether oxygens (including phenoxy) is 1. The highest BCUT2D eigenvalue weighted by molar-refractivity contribution is 8.14. The van der Waals surface area contributed by atoms with Crippen LogP contribution < -0.4 is 10.1 Å². The van der Waals surface area contributed by atoms with Crippen molar-refractivity contribution in [2.45, 2.75) is 13.5 Å². The monoisotopic (exact) mass is 441 g/mol. The number of amides is 4. The summed E-state index contributed by atoms with van der Waals surface area (Å²) in [6.07, 6.45) is 0. The number of anilines is 1. The van der Waals surface area contributed by atoms with Gasteiger partial charge in [0.2, 0.25) is 11.8 Å². The zero-order valence-corrected chi connectivity index (χ0v) is 18.1. The lowest BCUT2D eigenvalue weighted by Crippen LogP contribution is -2.38. The van der Waals surface area contributed by atoms with E-state index in [1.807, 2.05) is 0 Å². The van der Waals surface area contributed by atoms with Crippen LogP contribution in [0.5, 0.6) is 5.75 Å². The third-order valence-electron chi connectivity index (χ3n) is 4.71. The van der Waals surface area contributed by atoms with Crippen LogP contribution in [0.1, 0.15) is 22.8 Å². The molecule has 162 valence electrons. The minimum atomic E-state index is -0.329. The predicted octanol–water partition coefficient (Wildman–Crippen LogP) is 2.99. The summed E-state index contributed by atoms with van der Waals surface area (Å²) in [6.45, 7) is 2.14. The van der Waals surface area contributed by atoms with Crippen molar-refractivity contribution in [1.82, 2.24) is 9.80 Å². The molecule has 0 saturated carbocycles. The maximum absolute atomic E-state index is 13.0. The largest absolute Gasteiger partial charge is 0.497 e. The van der Waals surface area contributed by atoms with Gasteiger partial charge >= 0.3 is 0 Å². The Labute approximate surface area is 184 Å². The fourth-order valence-electron chi connectivity index (χ4n) is 3.10. The van der Waals surface area contributed by atoms with Gasteiger partial charge in [-0.25, -0.2) is 0 Å². The van der Waals surface area contributed by atoms with Crippen LogP contribution in [0.4, 0.5) is 10.5 Å². The van der Waals surface area contributed by atoms with E-state index in [0.717, 1.165) is 11.8 Å². The molecule has 1 N–H and O–H groups in total. The molecule has 0 unspecified atom stereocenters. The number of imide groups is 1. The van der Waals surface area contributed by atoms with E-state index in [-0.39, 0.29) is 41.8 Å². The van der Waals surface area contributed by atoms with Crippen molar-refractivity contribution >= 4 is 40.4 Å². The molecular formula is C22H23N3O5S. The molecular weight excluding hydrogens is 418 g/mol. The summed E-state index contributed by atoms with van der Waals surface area (Å²) in [5, 5.41) is 2.47. The first-order valence-electron chi connectivity index (χ1n) is 9.70. The number of benzene rings is 2. The van der Waals surface area contributed by atoms with Crippen LogP contribution in [0.2, 0.25) is 0 Å². The number of nitrogens with one attached hydrogen (secondary N) is 1. The van der Waals surface area contributed by atoms with Crippen molar-refractivity contribution in [1.29, 1.82) is 0 Å². The number of rotatable bonds is 8. The summed E-state index contributed by atoms with van der Waals surface area (Å²) in [6, 6.07) is 13.7. The van der Waals surface area contributed by atoms with Crippen molar-refractivity contribution in [3.05, 3.63) is 59.7 Å². The van der Waals surface area contributed by atoms with Crippen molar-refractivity contribution in [2.75, 3.05) is 31.3 Å². The average molecular weight is 442 g/mol. The molecule has 1 aliphatic heterocycles. The third-order valence-corrected chi connectivity index (χ3v) is 5.57. The van der Waals surface area contributed by atoms with Crippen molar-refractivity contribution in [2.24, 2.45) is 0 Å². The molecule has 2 aromatic carbocycles. The molecule has 0 radical (unpaired) electrons. The van der Waals surface area contributed by atoms with Gasteiger partial charge in [-0.2, -0.15) is 0 Å². The van der Waals surface area contributed by atoms with Crippen LogP contribution in [-0.2, 0) is 16.1 Å². The molecule has 1 fully saturated rings. The predicted molar refractivity (Wildman–Crippen MR) is 118 cm³/mol. The van der Waals surface area contributed by atoms with E-state index >= 15 is 0 Å². The first kappa shape index (κ1) is 22.4. The minimum absolute atomic E-state index is 0.115. The second-order valence-electron chi connectivity index (χ2n) is 6.83. The Hall–Kier alpha value is -3.33. The number of nitrogens with zero attached hydrogens (tertiary/aromatic N) is 2. The zero-order chi connectivity index (χ0) is 22.4. The molecule has 2 aromatic rings. The summed E-state index contributed by atoms with van der Waals surface area (Å²) in [7, 11) is 1.54. The van der Waals surface area contributed by atoms with Gasteiger partial charge < -0.3 is 15.0 Å². The minimum Gasteiger partial charge on any atom is -0.497 e. The smallest absolute Gasteiger partial charge is 0.289 e. The van der Waals surface area contributed by atoms with Crippen LogP contribution in [0.3, 0.4) is 0 Å². The highest BCUT2D eigenvalue weighted by Gasteiger charge is 2.30. The Kier molecular flexibility index (Phi) is 7.30. The van der Waals surface area contributed by atoms with Gasteiger partial charge in [-0.3, -0.25) is 24.1 Å². The maximum atomic E-state index is 13.0. The Balaban J connectivity index is 1.66. The van der Waals surface area contributed by atoms with Gasteiger partial charge in [-0.1, -0.05) is 30.0 Å². The lowest BCUT2D eigenvalue weighted by molar-refractivity contribution is -0.125. The Morgan fingerprint density at radius 2 is 1.94 bits per heavy atom. The van der Waals surface area contributed by atoms with Gasteiger partial charge in [-0.15, -0.1) is 0 Å². The third kappa shape index (κ3) is 5.64. The number of hydrogen-bond donors (Lipinski definition) is 1. The quantitative estimate of drug-likeness (QED) is 0.677. The Morgan fingerprint density at radius 3 is 2.61 bits per heavy atom. The fourth-order valence-corrected chi connectivity index (χ4v) is 3.83. The van der Waals surface area contributed by atoms with E-state index in [0.29, 0.717) is 29.1 Å². The molecule has 0 spiro atoms. The van der Waals surface area contributed by atoms with Gasteiger partial charge in [0.15, 0.2) is 0 Å². The normalized spacial score (nSPS) is 13.3. The SMILES string of the molecule is CCN(CC(=O)Nc1cccc(OC)c1)C(=O)c1cccc(CN2C(=O)CSC2=O)c1. The van der Waals surface area contributed by atoms with Crippen LogP contribution >= 0.6 is 11.8 Å². The van der Waals surface area contributed by atoms with Crippen LogP contribution in [0, 0.1) is 0 Å². The van der Waals surface area contributed by atoms with E-state index in [2.05, 4.69) is 5.32 Å². The molecule has 0 aliphatic carbocycles. The van der Waals surface area contributed by atoms with Crippen LogP contribution in [0.25, 0.3) is 0 Å². The molecule has 1 heterocycles. The molecule has 31 heavy (non-hydrogen) atoms. The number of carbonyl (C=O) groups excluding carboxylic acids is 4. The van der Waals surface area contributed by atoms with Gasteiger partial charge in [0.25, 0.3) is 11.1 Å². The standard InChI is InChI=1S/C22H23N3O5S/c1-3-24(13-19(26)23-17-8-5-9-18(11-17)30-2)21(28)16-7-4-6-15(10-16)12-25-20(27)14-31-22(25)29/h4-11H,3,12-14H2,1-2H3,(H,23,26). The molecule has 0 aromatic heterocycles. The van der Waals surface area contributed by atoms with Crippen molar-refractivity contribution < 1.29 is 23.9 Å². The summed E-state index contributed by atoms with van der Waals surface area (Å²) in [5.41, 5.74) is 1.64. The molecule has 0 bridgehead atoms. The molecule has 8 nitrogen and oxygen atoms in total. The van der Waals surface area contributed by atoms with E-state index in [1.54, 1.807) is 62.6 Å². The highest BCUT2D eigenvalue weighted by atomic mass is 32.2. The number of methoxy groups -OCH3 is 1. The fraction of sp³-hybridized carbons (Fsp3) is 0.273. The zero-order valence-electron chi connectivity index (χ0n) is 17.3. The van der Waals surface area contributed by atoms with E-state index < -0.39 is 0 Å². The molecule has 1 saturated heterocycles. The maximum Gasteiger partial charge on any atom is 0.289 e. The van der Waals surface area contributed by atoms with E-state index in [9.17, 15) is 19.2 Å². The van der Waals surface area contributed by atoms with Crippen LogP contribution in [0.15, 0.2) is 48.5 Å². The summed E-state index contributed by atoms with van der Waals surface area (Å²) >= 11 is 0.971. The molecule has 9 heteroatoms. The lowest BCUT2D eigenvalue weighted by Gasteiger charge is -2.21. The van der Waals surface area contributed by atoms with Gasteiger partial charge in [-0.05, 0) is 36.8 Å². The molecule has 3 rings (SSSR count). The number of hydrogen-bond acceptors (Lipinski definition) is 6. The Bertz CT molecular complexity index is 994. The summed E-state index contributed by atoms with van der Waals surface area (Å²) in [4.78, 5) is 51.7. The van der Waals surface area contributed by atoms with Crippen molar-refractivity contribution in [3.8, 4) is 5.75 Å². The highest BCUT2D eigenvalue weighted by Crippen LogP contribution is 2.22. The van der Waals surface area contributed by atoms with Gasteiger partial charge in [0.05, 0.1) is 19.4 Å². The second kappa shape index (κ2) is 10.1. The van der Waals surface area contributed by atoms with Crippen LogP contribution in [-0.4, -0.2) is 58.7 Å². The van der Waals surface area contributed by atoms with E-state index in [1.165, 1.54) is 9.80 Å². The first-order valence-corrected chi connectivity index (χ1v) is 10.7. The lowest BCUT2D eigenvalue weighted by atomic mass is 10.1. The molecule has 4 amide bonds. The Morgan fingerprint density at radius 1 is 1.16 bits per heavy atom. The summed E-state index contributed by atoms with van der Waals surface area (Å²) < 4.78 is 5.14. The van der Waals surface area contributed by atoms with E-state index in [4.69, 9.17) is 4.74 Å². The van der Waals surface area contributed by atoms with Gasteiger partial charge in [0, 0.05) is 23.9 Å². The topological polar surface area (TPSA) is 96.0 Å².